The molecule has 2 heterocycles. The molecule has 0 aliphatic rings. The molecule has 0 fully saturated rings. The normalized spacial score (nSPS) is 10.2. The van der Waals surface area contributed by atoms with Crippen molar-refractivity contribution >= 4 is 5.91 Å². The first-order valence-corrected chi connectivity index (χ1v) is 6.46. The Bertz CT molecular complexity index is 532. The maximum Gasteiger partial charge on any atom is 0.255 e. The van der Waals surface area contributed by atoms with Gasteiger partial charge in [0, 0.05) is 25.5 Å². The van der Waals surface area contributed by atoms with Crippen LogP contribution in [0, 0.1) is 0 Å². The summed E-state index contributed by atoms with van der Waals surface area (Å²) in [6.45, 7) is 1.66. The summed E-state index contributed by atoms with van der Waals surface area (Å²) in [4.78, 5) is 18.3. The predicted molar refractivity (Wildman–Crippen MR) is 74.7 cm³/mol. The summed E-state index contributed by atoms with van der Waals surface area (Å²) < 4.78 is 0. The standard InChI is InChI=1S/C14H17N5O/c15-5-2-8-19(11-12-3-1-6-16-9-12)14(20)13-4-7-17-18-10-13/h1,3-4,6-7,9-10H,2,5,8,11,15H2. The SMILES string of the molecule is NCCCN(Cc1cccnc1)C(=O)c1ccnnc1. The summed E-state index contributed by atoms with van der Waals surface area (Å²) in [5, 5.41) is 7.42. The molecule has 2 aromatic heterocycles. The molecule has 0 radical (unpaired) electrons. The molecule has 6 nitrogen and oxygen atoms in total. The van der Waals surface area contributed by atoms with Crippen molar-refractivity contribution in [1.29, 1.82) is 0 Å². The number of nitrogens with zero attached hydrogens (tertiary/aromatic N) is 4. The Morgan fingerprint density at radius 2 is 2.10 bits per heavy atom. The Morgan fingerprint density at radius 3 is 2.75 bits per heavy atom. The molecule has 2 aromatic rings. The first kappa shape index (κ1) is 14.1. The molecule has 1 amide bonds. The van der Waals surface area contributed by atoms with Crippen LogP contribution >= 0.6 is 0 Å². The van der Waals surface area contributed by atoms with E-state index in [4.69, 9.17) is 5.73 Å². The molecule has 0 aliphatic carbocycles. The predicted octanol–water partition coefficient (Wildman–Crippen LogP) is 0.863. The number of carbonyl (C=O) groups is 1. The maximum absolute atomic E-state index is 12.5. The molecule has 20 heavy (non-hydrogen) atoms. The Balaban J connectivity index is 2.13. The molecular formula is C14H17N5O. The van der Waals surface area contributed by atoms with Gasteiger partial charge in [-0.1, -0.05) is 6.07 Å². The molecule has 0 bridgehead atoms. The average molecular weight is 271 g/mol. The fourth-order valence-corrected chi connectivity index (χ4v) is 1.85. The Kier molecular flexibility index (Phi) is 5.14. The van der Waals surface area contributed by atoms with Gasteiger partial charge in [0.15, 0.2) is 0 Å². The van der Waals surface area contributed by atoms with Gasteiger partial charge in [0.2, 0.25) is 0 Å². The van der Waals surface area contributed by atoms with E-state index in [9.17, 15) is 4.79 Å². The highest BCUT2D eigenvalue weighted by Gasteiger charge is 2.16. The number of rotatable bonds is 6. The summed E-state index contributed by atoms with van der Waals surface area (Å²) >= 11 is 0. The highest BCUT2D eigenvalue weighted by molar-refractivity contribution is 5.93. The van der Waals surface area contributed by atoms with Crippen molar-refractivity contribution in [2.24, 2.45) is 5.73 Å². The van der Waals surface area contributed by atoms with E-state index in [1.807, 2.05) is 12.1 Å². The summed E-state index contributed by atoms with van der Waals surface area (Å²) in [6, 6.07) is 5.46. The van der Waals surface area contributed by atoms with Crippen LogP contribution in [0.5, 0.6) is 0 Å². The lowest BCUT2D eigenvalue weighted by atomic mass is 10.2. The first-order chi connectivity index (χ1) is 9.81. The van der Waals surface area contributed by atoms with E-state index >= 15 is 0 Å². The van der Waals surface area contributed by atoms with Gasteiger partial charge in [-0.05, 0) is 30.7 Å². The molecule has 0 aliphatic heterocycles. The molecule has 2 N–H and O–H groups in total. The van der Waals surface area contributed by atoms with Crippen LogP contribution in [0.3, 0.4) is 0 Å². The van der Waals surface area contributed by atoms with E-state index in [0.29, 0.717) is 25.2 Å². The molecule has 2 rings (SSSR count). The van der Waals surface area contributed by atoms with Crippen molar-refractivity contribution in [1.82, 2.24) is 20.1 Å². The molecular weight excluding hydrogens is 254 g/mol. The molecule has 0 aromatic carbocycles. The quantitative estimate of drug-likeness (QED) is 0.842. The summed E-state index contributed by atoms with van der Waals surface area (Å²) in [6.07, 6.45) is 7.21. The van der Waals surface area contributed by atoms with Crippen molar-refractivity contribution in [2.75, 3.05) is 13.1 Å². The van der Waals surface area contributed by atoms with Crippen LogP contribution in [0.1, 0.15) is 22.3 Å². The van der Waals surface area contributed by atoms with Gasteiger partial charge in [-0.25, -0.2) is 0 Å². The van der Waals surface area contributed by atoms with Gasteiger partial charge in [-0.15, -0.1) is 0 Å². The van der Waals surface area contributed by atoms with Crippen molar-refractivity contribution < 1.29 is 4.79 Å². The van der Waals surface area contributed by atoms with Crippen LogP contribution in [0.25, 0.3) is 0 Å². The van der Waals surface area contributed by atoms with Gasteiger partial charge in [-0.2, -0.15) is 10.2 Å². The van der Waals surface area contributed by atoms with Gasteiger partial charge in [0.1, 0.15) is 0 Å². The van der Waals surface area contributed by atoms with Crippen LogP contribution in [0.15, 0.2) is 43.0 Å². The van der Waals surface area contributed by atoms with Crippen LogP contribution in [-0.2, 0) is 6.54 Å². The van der Waals surface area contributed by atoms with Crippen molar-refractivity contribution in [3.05, 3.63) is 54.1 Å². The van der Waals surface area contributed by atoms with Crippen LogP contribution in [0.4, 0.5) is 0 Å². The minimum atomic E-state index is -0.0720. The molecule has 0 saturated carbocycles. The van der Waals surface area contributed by atoms with Crippen LogP contribution in [-0.4, -0.2) is 39.1 Å². The number of aromatic nitrogens is 3. The fraction of sp³-hybridized carbons (Fsp3) is 0.286. The molecule has 0 unspecified atom stereocenters. The zero-order valence-corrected chi connectivity index (χ0v) is 11.1. The fourth-order valence-electron chi connectivity index (χ4n) is 1.85. The third-order valence-electron chi connectivity index (χ3n) is 2.85. The smallest absolute Gasteiger partial charge is 0.255 e. The second kappa shape index (κ2) is 7.30. The minimum absolute atomic E-state index is 0.0720. The van der Waals surface area contributed by atoms with E-state index in [-0.39, 0.29) is 5.91 Å². The third-order valence-corrected chi connectivity index (χ3v) is 2.85. The van der Waals surface area contributed by atoms with Crippen LogP contribution < -0.4 is 5.73 Å². The highest BCUT2D eigenvalue weighted by atomic mass is 16.2. The summed E-state index contributed by atoms with van der Waals surface area (Å²) in [5.74, 6) is -0.0720. The maximum atomic E-state index is 12.5. The van der Waals surface area contributed by atoms with E-state index < -0.39 is 0 Å². The van der Waals surface area contributed by atoms with E-state index in [0.717, 1.165) is 12.0 Å². The number of hydrogen-bond donors (Lipinski definition) is 1. The molecule has 0 saturated heterocycles. The zero-order chi connectivity index (χ0) is 14.2. The first-order valence-electron chi connectivity index (χ1n) is 6.46. The third kappa shape index (κ3) is 3.83. The number of pyridine rings is 1. The van der Waals surface area contributed by atoms with Gasteiger partial charge < -0.3 is 10.6 Å². The van der Waals surface area contributed by atoms with Gasteiger partial charge in [-0.3, -0.25) is 9.78 Å². The minimum Gasteiger partial charge on any atom is -0.334 e. The average Bonchev–Trinajstić information content (AvgIpc) is 2.52. The number of hydrogen-bond acceptors (Lipinski definition) is 5. The Morgan fingerprint density at radius 1 is 1.20 bits per heavy atom. The van der Waals surface area contributed by atoms with Crippen LogP contribution in [0.2, 0.25) is 0 Å². The van der Waals surface area contributed by atoms with Crippen molar-refractivity contribution in [3.63, 3.8) is 0 Å². The van der Waals surface area contributed by atoms with E-state index in [1.165, 1.54) is 12.4 Å². The summed E-state index contributed by atoms with van der Waals surface area (Å²) in [5.41, 5.74) is 7.05. The monoisotopic (exact) mass is 271 g/mol. The van der Waals surface area contributed by atoms with Gasteiger partial charge >= 0.3 is 0 Å². The number of carbonyl (C=O) groups excluding carboxylic acids is 1. The molecule has 0 atom stereocenters. The second-order valence-electron chi connectivity index (χ2n) is 4.36. The lowest BCUT2D eigenvalue weighted by Crippen LogP contribution is -2.32. The van der Waals surface area contributed by atoms with Crippen molar-refractivity contribution in [2.45, 2.75) is 13.0 Å². The van der Waals surface area contributed by atoms with E-state index in [2.05, 4.69) is 15.2 Å². The topological polar surface area (TPSA) is 85.0 Å². The largest absolute Gasteiger partial charge is 0.334 e. The van der Waals surface area contributed by atoms with Crippen molar-refractivity contribution in [3.8, 4) is 0 Å². The Hall–Kier alpha value is -2.34. The van der Waals surface area contributed by atoms with E-state index in [1.54, 1.807) is 23.4 Å². The summed E-state index contributed by atoms with van der Waals surface area (Å²) in [7, 11) is 0. The lowest BCUT2D eigenvalue weighted by Gasteiger charge is -2.22. The molecule has 6 heteroatoms. The van der Waals surface area contributed by atoms with Gasteiger partial charge in [0.05, 0.1) is 18.0 Å². The molecule has 104 valence electrons. The van der Waals surface area contributed by atoms with Gasteiger partial charge in [0.25, 0.3) is 5.91 Å². The second-order valence-corrected chi connectivity index (χ2v) is 4.36. The zero-order valence-electron chi connectivity index (χ0n) is 11.1. The lowest BCUT2D eigenvalue weighted by molar-refractivity contribution is 0.0741. The Labute approximate surface area is 117 Å². The number of nitrogens with two attached hydrogens (primary N) is 1. The molecule has 0 spiro atoms. The number of amides is 1. The highest BCUT2D eigenvalue weighted by Crippen LogP contribution is 2.09.